The summed E-state index contributed by atoms with van der Waals surface area (Å²) in [7, 11) is 1.88. The van der Waals surface area contributed by atoms with Gasteiger partial charge >= 0.3 is 0 Å². The smallest absolute Gasteiger partial charge is 0.225 e. The number of rotatable bonds is 4. The average Bonchev–Trinajstić information content (AvgIpc) is 3.50. The minimum absolute atomic E-state index is 0.147. The third kappa shape index (κ3) is 3.89. The van der Waals surface area contributed by atoms with Gasteiger partial charge in [-0.25, -0.2) is 32.6 Å². The van der Waals surface area contributed by atoms with Crippen LogP contribution in [-0.2, 0) is 7.05 Å². The van der Waals surface area contributed by atoms with E-state index in [0.29, 0.717) is 44.3 Å². The number of piperazine rings is 1. The number of nitrogens with zero attached hydrogens (tertiary/aromatic N) is 9. The number of aryl methyl sites for hydroxylation is 1. The zero-order chi connectivity index (χ0) is 24.8. The molecule has 0 bridgehead atoms. The standard InChI is InChI=1S/C24H20F3N9/c1-33-12-17(11-31-33)15-6-21-23(30-14-32-36(21)13-15)34-2-4-35(5-3-34)24-28-9-16(10-29-24)22-19(26)7-18(25)8-20(22)27/h6-14H,2-5H2,1H3. The van der Waals surface area contributed by atoms with Gasteiger partial charge < -0.3 is 9.80 Å². The fourth-order valence-electron chi connectivity index (χ4n) is 4.44. The molecule has 0 spiro atoms. The molecule has 0 unspecified atom stereocenters. The molecule has 1 aromatic carbocycles. The lowest BCUT2D eigenvalue weighted by Crippen LogP contribution is -2.47. The van der Waals surface area contributed by atoms with Crippen LogP contribution in [-0.4, -0.2) is 60.5 Å². The summed E-state index contributed by atoms with van der Waals surface area (Å²) in [5.41, 5.74) is 2.70. The van der Waals surface area contributed by atoms with Crippen molar-refractivity contribution in [2.45, 2.75) is 0 Å². The Hall–Kier alpha value is -4.48. The highest BCUT2D eigenvalue weighted by Crippen LogP contribution is 2.29. The van der Waals surface area contributed by atoms with Crippen molar-refractivity contribution in [2.24, 2.45) is 7.05 Å². The van der Waals surface area contributed by atoms with Gasteiger partial charge in [-0.05, 0) is 6.07 Å². The second kappa shape index (κ2) is 8.63. The van der Waals surface area contributed by atoms with Crippen LogP contribution in [0.4, 0.5) is 24.9 Å². The van der Waals surface area contributed by atoms with Gasteiger partial charge in [-0.1, -0.05) is 0 Å². The van der Waals surface area contributed by atoms with Crippen molar-refractivity contribution in [3.63, 3.8) is 0 Å². The van der Waals surface area contributed by atoms with Crippen LogP contribution >= 0.6 is 0 Å². The fraction of sp³-hybridized carbons (Fsp3) is 0.208. The Morgan fingerprint density at radius 3 is 2.08 bits per heavy atom. The maximum atomic E-state index is 14.1. The zero-order valence-electron chi connectivity index (χ0n) is 19.2. The van der Waals surface area contributed by atoms with Crippen molar-refractivity contribution in [2.75, 3.05) is 36.0 Å². The predicted octanol–water partition coefficient (Wildman–Crippen LogP) is 3.33. The Morgan fingerprint density at radius 2 is 1.42 bits per heavy atom. The lowest BCUT2D eigenvalue weighted by atomic mass is 10.1. The highest BCUT2D eigenvalue weighted by atomic mass is 19.1. The van der Waals surface area contributed by atoms with Gasteiger partial charge in [0, 0.05) is 86.8 Å². The van der Waals surface area contributed by atoms with E-state index in [1.807, 2.05) is 41.1 Å². The second-order valence-corrected chi connectivity index (χ2v) is 8.54. The normalized spacial score (nSPS) is 14.1. The highest BCUT2D eigenvalue weighted by molar-refractivity contribution is 5.77. The van der Waals surface area contributed by atoms with Crippen molar-refractivity contribution >= 4 is 17.3 Å². The zero-order valence-corrected chi connectivity index (χ0v) is 19.2. The van der Waals surface area contributed by atoms with Gasteiger partial charge in [0.25, 0.3) is 0 Å². The molecular weight excluding hydrogens is 471 g/mol. The first kappa shape index (κ1) is 22.0. The summed E-state index contributed by atoms with van der Waals surface area (Å²) in [6.07, 6.45) is 9.95. The molecule has 0 N–H and O–H groups in total. The van der Waals surface area contributed by atoms with Crippen LogP contribution in [0.3, 0.4) is 0 Å². The summed E-state index contributed by atoms with van der Waals surface area (Å²) < 4.78 is 45.0. The van der Waals surface area contributed by atoms with Gasteiger partial charge in [0.15, 0.2) is 5.82 Å². The van der Waals surface area contributed by atoms with E-state index >= 15 is 0 Å². The van der Waals surface area contributed by atoms with Crippen LogP contribution in [0.15, 0.2) is 55.5 Å². The monoisotopic (exact) mass is 491 g/mol. The Morgan fingerprint density at radius 1 is 0.722 bits per heavy atom. The molecule has 0 amide bonds. The molecule has 1 aliphatic rings. The SMILES string of the molecule is Cn1cc(-c2cc3c(N4CCN(c5ncc(-c6c(F)cc(F)cc6F)cn5)CC4)ncnn3c2)cn1. The lowest BCUT2D eigenvalue weighted by Gasteiger charge is -2.35. The Labute approximate surface area is 203 Å². The number of hydrogen-bond acceptors (Lipinski definition) is 7. The molecule has 1 aliphatic heterocycles. The van der Waals surface area contributed by atoms with Crippen LogP contribution < -0.4 is 9.80 Å². The third-order valence-electron chi connectivity index (χ3n) is 6.22. The first-order chi connectivity index (χ1) is 17.5. The fourth-order valence-corrected chi connectivity index (χ4v) is 4.44. The largest absolute Gasteiger partial charge is 0.351 e. The Bertz CT molecular complexity index is 1530. The molecule has 0 aliphatic carbocycles. The molecule has 36 heavy (non-hydrogen) atoms. The van der Waals surface area contributed by atoms with Gasteiger partial charge in [0.2, 0.25) is 5.95 Å². The number of hydrogen-bond donors (Lipinski definition) is 0. The van der Waals surface area contributed by atoms with E-state index in [-0.39, 0.29) is 11.1 Å². The van der Waals surface area contributed by atoms with Crippen LogP contribution in [0.25, 0.3) is 27.8 Å². The van der Waals surface area contributed by atoms with Crippen molar-refractivity contribution in [3.05, 3.63) is 73.0 Å². The summed E-state index contributed by atoms with van der Waals surface area (Å²) >= 11 is 0. The molecule has 1 saturated heterocycles. The van der Waals surface area contributed by atoms with Crippen LogP contribution in [0.5, 0.6) is 0 Å². The second-order valence-electron chi connectivity index (χ2n) is 8.54. The van der Waals surface area contributed by atoms with E-state index in [0.717, 1.165) is 22.5 Å². The van der Waals surface area contributed by atoms with E-state index < -0.39 is 17.5 Å². The molecule has 9 nitrogen and oxygen atoms in total. The summed E-state index contributed by atoms with van der Waals surface area (Å²) in [6.45, 7) is 2.61. The first-order valence-electron chi connectivity index (χ1n) is 11.3. The van der Waals surface area contributed by atoms with Crippen molar-refractivity contribution in [1.29, 1.82) is 0 Å². The van der Waals surface area contributed by atoms with E-state index in [9.17, 15) is 13.2 Å². The summed E-state index contributed by atoms with van der Waals surface area (Å²) in [5, 5.41) is 8.59. The molecule has 0 saturated carbocycles. The number of aromatic nitrogens is 7. The number of halogens is 3. The Kier molecular flexibility index (Phi) is 5.28. The van der Waals surface area contributed by atoms with E-state index in [2.05, 4.69) is 30.0 Å². The van der Waals surface area contributed by atoms with Gasteiger partial charge in [-0.15, -0.1) is 0 Å². The van der Waals surface area contributed by atoms with Crippen LogP contribution in [0.2, 0.25) is 0 Å². The maximum absolute atomic E-state index is 14.1. The molecule has 6 rings (SSSR count). The molecule has 182 valence electrons. The maximum Gasteiger partial charge on any atom is 0.225 e. The lowest BCUT2D eigenvalue weighted by molar-refractivity contribution is 0.548. The summed E-state index contributed by atoms with van der Waals surface area (Å²) in [6, 6.07) is 3.33. The summed E-state index contributed by atoms with van der Waals surface area (Å²) in [5.74, 6) is -1.68. The van der Waals surface area contributed by atoms with Crippen LogP contribution in [0, 0.1) is 17.5 Å². The quantitative estimate of drug-likeness (QED) is 0.382. The van der Waals surface area contributed by atoms with Crippen LogP contribution in [0.1, 0.15) is 0 Å². The summed E-state index contributed by atoms with van der Waals surface area (Å²) in [4.78, 5) is 17.3. The Balaban J connectivity index is 1.19. The highest BCUT2D eigenvalue weighted by Gasteiger charge is 2.23. The van der Waals surface area contributed by atoms with Gasteiger partial charge in [-0.2, -0.15) is 10.2 Å². The van der Waals surface area contributed by atoms with Crippen molar-refractivity contribution < 1.29 is 13.2 Å². The molecule has 0 atom stereocenters. The van der Waals surface area contributed by atoms with Crippen molar-refractivity contribution in [1.82, 2.24) is 34.3 Å². The molecule has 0 radical (unpaired) electrons. The number of fused-ring (bicyclic) bond motifs is 1. The average molecular weight is 491 g/mol. The van der Waals surface area contributed by atoms with E-state index in [1.54, 1.807) is 4.68 Å². The van der Waals surface area contributed by atoms with Gasteiger partial charge in [0.1, 0.15) is 29.3 Å². The molecule has 12 heteroatoms. The topological polar surface area (TPSA) is 80.3 Å². The van der Waals surface area contributed by atoms with Crippen molar-refractivity contribution in [3.8, 4) is 22.3 Å². The first-order valence-corrected chi connectivity index (χ1v) is 11.3. The molecule has 4 aromatic heterocycles. The molecular formula is C24H20F3N9. The molecule has 1 fully saturated rings. The van der Waals surface area contributed by atoms with Gasteiger partial charge in [0.05, 0.1) is 11.8 Å². The third-order valence-corrected chi connectivity index (χ3v) is 6.22. The predicted molar refractivity (Wildman–Crippen MR) is 127 cm³/mol. The number of anilines is 2. The number of benzene rings is 1. The van der Waals surface area contributed by atoms with Gasteiger partial charge in [-0.3, -0.25) is 4.68 Å². The van der Waals surface area contributed by atoms with E-state index in [1.165, 1.54) is 18.7 Å². The molecule has 5 aromatic rings. The minimum Gasteiger partial charge on any atom is -0.351 e. The minimum atomic E-state index is -0.995. The van der Waals surface area contributed by atoms with E-state index in [4.69, 9.17) is 0 Å². The molecule has 5 heterocycles.